The van der Waals surface area contributed by atoms with E-state index in [1.54, 1.807) is 7.11 Å². The molecule has 20 heavy (non-hydrogen) atoms. The van der Waals surface area contributed by atoms with Gasteiger partial charge >= 0.3 is 0 Å². The second-order valence-electron chi connectivity index (χ2n) is 5.25. The fourth-order valence-electron chi connectivity index (χ4n) is 2.61. The van der Waals surface area contributed by atoms with Crippen LogP contribution in [0.1, 0.15) is 44.2 Å². The second-order valence-corrected chi connectivity index (χ2v) is 5.25. The summed E-state index contributed by atoms with van der Waals surface area (Å²) < 4.78 is 5.16. The Balaban J connectivity index is 1.98. The Morgan fingerprint density at radius 1 is 1.40 bits per heavy atom. The zero-order valence-electron chi connectivity index (χ0n) is 12.3. The minimum absolute atomic E-state index is 0.0314. The monoisotopic (exact) mass is 276 g/mol. The number of piperidine rings is 1. The number of carbonyl (C=O) groups is 1. The molecule has 1 aliphatic rings. The Labute approximate surface area is 120 Å². The third kappa shape index (κ3) is 3.73. The lowest BCUT2D eigenvalue weighted by Gasteiger charge is -2.25. The Bertz CT molecular complexity index is 425. The second kappa shape index (κ2) is 7.29. The van der Waals surface area contributed by atoms with E-state index < -0.39 is 0 Å². The van der Waals surface area contributed by atoms with Crippen molar-refractivity contribution in [3.63, 3.8) is 0 Å². The average molecular weight is 276 g/mol. The molecule has 2 N–H and O–H groups in total. The van der Waals surface area contributed by atoms with Crippen molar-refractivity contribution >= 4 is 5.91 Å². The van der Waals surface area contributed by atoms with Gasteiger partial charge in [0.25, 0.3) is 0 Å². The molecule has 2 atom stereocenters. The molecule has 1 fully saturated rings. The van der Waals surface area contributed by atoms with Crippen LogP contribution in [0.25, 0.3) is 0 Å². The Hall–Kier alpha value is -1.55. The van der Waals surface area contributed by atoms with Crippen LogP contribution in [0.3, 0.4) is 0 Å². The molecule has 1 unspecified atom stereocenters. The van der Waals surface area contributed by atoms with Crippen LogP contribution in [0.15, 0.2) is 24.3 Å². The molecular formula is C16H24N2O2. The van der Waals surface area contributed by atoms with E-state index in [1.807, 2.05) is 24.3 Å². The fourth-order valence-corrected chi connectivity index (χ4v) is 2.61. The minimum Gasteiger partial charge on any atom is -0.497 e. The van der Waals surface area contributed by atoms with E-state index >= 15 is 0 Å². The molecule has 0 radical (unpaired) electrons. The average Bonchev–Trinajstić information content (AvgIpc) is 2.53. The van der Waals surface area contributed by atoms with Gasteiger partial charge < -0.3 is 15.4 Å². The Morgan fingerprint density at radius 2 is 2.15 bits per heavy atom. The van der Waals surface area contributed by atoms with Gasteiger partial charge in [0.2, 0.25) is 5.91 Å². The van der Waals surface area contributed by atoms with E-state index in [-0.39, 0.29) is 18.0 Å². The molecule has 0 aromatic heterocycles. The van der Waals surface area contributed by atoms with E-state index in [1.165, 1.54) is 6.42 Å². The molecule has 2 rings (SSSR count). The van der Waals surface area contributed by atoms with E-state index in [2.05, 4.69) is 17.6 Å². The molecule has 0 spiro atoms. The van der Waals surface area contributed by atoms with Gasteiger partial charge in [0.15, 0.2) is 0 Å². The summed E-state index contributed by atoms with van der Waals surface area (Å²) in [6.07, 6.45) is 4.11. The molecular weight excluding hydrogens is 252 g/mol. The Kier molecular flexibility index (Phi) is 5.41. The fraction of sp³-hybridized carbons (Fsp3) is 0.562. The molecule has 0 aliphatic carbocycles. The molecule has 1 aromatic carbocycles. The third-order valence-electron chi connectivity index (χ3n) is 3.87. The van der Waals surface area contributed by atoms with Crippen molar-refractivity contribution in [3.8, 4) is 5.75 Å². The molecule has 0 saturated carbocycles. The van der Waals surface area contributed by atoms with E-state index in [9.17, 15) is 4.79 Å². The van der Waals surface area contributed by atoms with Gasteiger partial charge in [-0.2, -0.15) is 0 Å². The summed E-state index contributed by atoms with van der Waals surface area (Å²) in [6.45, 7) is 3.03. The number of nitrogens with one attached hydrogen (secondary N) is 2. The first kappa shape index (κ1) is 14.9. The van der Waals surface area contributed by atoms with Crippen LogP contribution in [0, 0.1) is 0 Å². The minimum atomic E-state index is -0.0314. The van der Waals surface area contributed by atoms with Crippen molar-refractivity contribution in [1.29, 1.82) is 0 Å². The highest BCUT2D eigenvalue weighted by Crippen LogP contribution is 2.20. The maximum atomic E-state index is 12.3. The number of hydrogen-bond donors (Lipinski definition) is 2. The van der Waals surface area contributed by atoms with E-state index in [0.29, 0.717) is 0 Å². The molecule has 1 aliphatic heterocycles. The molecule has 4 nitrogen and oxygen atoms in total. The smallest absolute Gasteiger partial charge is 0.237 e. The van der Waals surface area contributed by atoms with Gasteiger partial charge in [-0.05, 0) is 43.5 Å². The third-order valence-corrected chi connectivity index (χ3v) is 3.87. The summed E-state index contributed by atoms with van der Waals surface area (Å²) in [4.78, 5) is 12.3. The van der Waals surface area contributed by atoms with Crippen molar-refractivity contribution in [2.75, 3.05) is 13.7 Å². The highest BCUT2D eigenvalue weighted by atomic mass is 16.5. The zero-order valence-corrected chi connectivity index (χ0v) is 12.3. The molecule has 1 amide bonds. The van der Waals surface area contributed by atoms with Crippen molar-refractivity contribution in [2.24, 2.45) is 0 Å². The zero-order chi connectivity index (χ0) is 14.4. The molecule has 4 heteroatoms. The maximum Gasteiger partial charge on any atom is 0.237 e. The van der Waals surface area contributed by atoms with Crippen LogP contribution < -0.4 is 15.4 Å². The number of hydrogen-bond acceptors (Lipinski definition) is 3. The standard InChI is InChI=1S/C16H24N2O2/c1-3-14(12-7-9-13(20-2)10-8-12)18-16(19)15-6-4-5-11-17-15/h7-10,14-15,17H,3-6,11H2,1-2H3,(H,18,19)/t14?,15-/m0/s1. The van der Waals surface area contributed by atoms with Gasteiger partial charge in [-0.3, -0.25) is 4.79 Å². The molecule has 1 aromatic rings. The molecule has 1 saturated heterocycles. The summed E-state index contributed by atoms with van der Waals surface area (Å²) in [5, 5.41) is 6.43. The van der Waals surface area contributed by atoms with E-state index in [4.69, 9.17) is 4.74 Å². The summed E-state index contributed by atoms with van der Waals surface area (Å²) in [7, 11) is 1.66. The lowest BCUT2D eigenvalue weighted by Crippen LogP contribution is -2.47. The van der Waals surface area contributed by atoms with Crippen LogP contribution in [0.4, 0.5) is 0 Å². The van der Waals surface area contributed by atoms with Crippen LogP contribution in [-0.4, -0.2) is 25.6 Å². The number of ether oxygens (including phenoxy) is 1. The first-order chi connectivity index (χ1) is 9.74. The number of rotatable bonds is 5. The number of benzene rings is 1. The van der Waals surface area contributed by atoms with Crippen LogP contribution in [-0.2, 0) is 4.79 Å². The maximum absolute atomic E-state index is 12.3. The lowest BCUT2D eigenvalue weighted by molar-refractivity contribution is -0.124. The largest absolute Gasteiger partial charge is 0.497 e. The highest BCUT2D eigenvalue weighted by Gasteiger charge is 2.22. The highest BCUT2D eigenvalue weighted by molar-refractivity contribution is 5.82. The van der Waals surface area contributed by atoms with Crippen LogP contribution >= 0.6 is 0 Å². The SMILES string of the molecule is CCC(NC(=O)[C@@H]1CCCCN1)c1ccc(OC)cc1. The number of amides is 1. The number of methoxy groups -OCH3 is 1. The lowest BCUT2D eigenvalue weighted by atomic mass is 10.0. The normalized spacial score (nSPS) is 20.2. The van der Waals surface area contributed by atoms with Crippen molar-refractivity contribution in [1.82, 2.24) is 10.6 Å². The quantitative estimate of drug-likeness (QED) is 0.868. The van der Waals surface area contributed by atoms with Crippen molar-refractivity contribution in [2.45, 2.75) is 44.7 Å². The Morgan fingerprint density at radius 3 is 2.70 bits per heavy atom. The summed E-state index contributed by atoms with van der Waals surface area (Å²) in [5.74, 6) is 0.955. The summed E-state index contributed by atoms with van der Waals surface area (Å²) in [6, 6.07) is 7.93. The van der Waals surface area contributed by atoms with Crippen molar-refractivity contribution < 1.29 is 9.53 Å². The van der Waals surface area contributed by atoms with Crippen LogP contribution in [0.5, 0.6) is 5.75 Å². The van der Waals surface area contributed by atoms with Gasteiger partial charge in [0.05, 0.1) is 19.2 Å². The topological polar surface area (TPSA) is 50.4 Å². The van der Waals surface area contributed by atoms with Gasteiger partial charge in [-0.1, -0.05) is 25.5 Å². The van der Waals surface area contributed by atoms with Crippen molar-refractivity contribution in [3.05, 3.63) is 29.8 Å². The first-order valence-corrected chi connectivity index (χ1v) is 7.42. The van der Waals surface area contributed by atoms with Gasteiger partial charge in [0, 0.05) is 0 Å². The molecule has 1 heterocycles. The first-order valence-electron chi connectivity index (χ1n) is 7.42. The number of carbonyl (C=O) groups excluding carboxylic acids is 1. The van der Waals surface area contributed by atoms with Gasteiger partial charge in [-0.15, -0.1) is 0 Å². The summed E-state index contributed by atoms with van der Waals surface area (Å²) in [5.41, 5.74) is 1.12. The molecule has 0 bridgehead atoms. The van der Waals surface area contributed by atoms with E-state index in [0.717, 1.165) is 37.1 Å². The van der Waals surface area contributed by atoms with Gasteiger partial charge in [-0.25, -0.2) is 0 Å². The predicted molar refractivity (Wildman–Crippen MR) is 79.8 cm³/mol. The molecule has 110 valence electrons. The van der Waals surface area contributed by atoms with Crippen LogP contribution in [0.2, 0.25) is 0 Å². The van der Waals surface area contributed by atoms with Gasteiger partial charge in [0.1, 0.15) is 5.75 Å². The predicted octanol–water partition coefficient (Wildman–Crippen LogP) is 2.40. The summed E-state index contributed by atoms with van der Waals surface area (Å²) >= 11 is 0.